The van der Waals surface area contributed by atoms with Crippen LogP contribution in [0.1, 0.15) is 30.9 Å². The highest BCUT2D eigenvalue weighted by molar-refractivity contribution is 5.84. The van der Waals surface area contributed by atoms with Crippen molar-refractivity contribution in [1.29, 1.82) is 0 Å². The summed E-state index contributed by atoms with van der Waals surface area (Å²) < 4.78 is 62.2. The van der Waals surface area contributed by atoms with Gasteiger partial charge in [-0.25, -0.2) is 0 Å². The summed E-state index contributed by atoms with van der Waals surface area (Å²) in [6, 6.07) is 6.70. The maximum atomic E-state index is 12.9. The second-order valence-corrected chi connectivity index (χ2v) is 5.13. The molecule has 0 aliphatic heterocycles. The van der Waals surface area contributed by atoms with Crippen LogP contribution in [0.3, 0.4) is 0 Å². The summed E-state index contributed by atoms with van der Waals surface area (Å²) in [5.74, 6) is -7.37. The van der Waals surface area contributed by atoms with E-state index >= 15 is 0 Å². The van der Waals surface area contributed by atoms with Crippen molar-refractivity contribution in [1.82, 2.24) is 4.90 Å². The summed E-state index contributed by atoms with van der Waals surface area (Å²) in [6.07, 6.45) is -5.89. The molecule has 118 valence electrons. The van der Waals surface area contributed by atoms with Gasteiger partial charge in [0.15, 0.2) is 0 Å². The minimum atomic E-state index is -5.89. The zero-order valence-electron chi connectivity index (χ0n) is 11.8. The minimum absolute atomic E-state index is 0.271. The van der Waals surface area contributed by atoms with Gasteiger partial charge in [-0.2, -0.15) is 22.0 Å². The number of alkyl halides is 5. The zero-order chi connectivity index (χ0) is 16.4. The molecule has 0 fully saturated rings. The summed E-state index contributed by atoms with van der Waals surface area (Å²) in [5, 5.41) is 0. The van der Waals surface area contributed by atoms with E-state index in [9.17, 15) is 26.7 Å². The molecule has 1 aromatic carbocycles. The van der Waals surface area contributed by atoms with Crippen LogP contribution in [0.15, 0.2) is 24.3 Å². The lowest BCUT2D eigenvalue weighted by Gasteiger charge is -2.25. The van der Waals surface area contributed by atoms with E-state index in [-0.39, 0.29) is 12.5 Å². The Labute approximate surface area is 119 Å². The summed E-state index contributed by atoms with van der Waals surface area (Å²) in [5.41, 5.74) is 1.49. The largest absolute Gasteiger partial charge is 0.463 e. The van der Waals surface area contributed by atoms with Crippen molar-refractivity contribution in [2.75, 3.05) is 7.05 Å². The maximum absolute atomic E-state index is 12.9. The number of rotatable bonds is 4. The third-order valence-corrected chi connectivity index (χ3v) is 3.04. The van der Waals surface area contributed by atoms with E-state index in [4.69, 9.17) is 0 Å². The van der Waals surface area contributed by atoms with E-state index in [2.05, 4.69) is 0 Å². The Kier molecular flexibility index (Phi) is 4.96. The number of benzene rings is 1. The quantitative estimate of drug-likeness (QED) is 0.771. The Bertz CT molecular complexity index is 493. The van der Waals surface area contributed by atoms with Crippen molar-refractivity contribution >= 4 is 5.91 Å². The molecule has 0 bridgehead atoms. The molecule has 0 aliphatic carbocycles. The van der Waals surface area contributed by atoms with Gasteiger partial charge in [0.1, 0.15) is 0 Å². The molecule has 2 nitrogen and oxygen atoms in total. The van der Waals surface area contributed by atoms with Gasteiger partial charge in [-0.15, -0.1) is 0 Å². The van der Waals surface area contributed by atoms with Crippen LogP contribution in [-0.2, 0) is 11.3 Å². The number of nitrogens with zero attached hydrogens (tertiary/aromatic N) is 1. The lowest BCUT2D eigenvalue weighted by molar-refractivity contribution is -0.274. The Balaban J connectivity index is 2.81. The average Bonchev–Trinajstić information content (AvgIpc) is 2.36. The zero-order valence-corrected chi connectivity index (χ0v) is 11.8. The minimum Gasteiger partial charge on any atom is -0.336 e. The van der Waals surface area contributed by atoms with Gasteiger partial charge in [-0.05, 0) is 17.0 Å². The highest BCUT2D eigenvalue weighted by atomic mass is 19.4. The van der Waals surface area contributed by atoms with E-state index in [1.165, 1.54) is 0 Å². The fourth-order valence-electron chi connectivity index (χ4n) is 1.71. The molecule has 0 saturated carbocycles. The van der Waals surface area contributed by atoms with Gasteiger partial charge in [0.25, 0.3) is 0 Å². The molecule has 0 saturated heterocycles. The molecule has 0 heterocycles. The molecule has 0 N–H and O–H groups in total. The SMILES string of the molecule is CC(C)c1ccc(CN(C)C(=O)C(F)(F)C(F)(F)F)cc1. The van der Waals surface area contributed by atoms with Crippen LogP contribution < -0.4 is 0 Å². The van der Waals surface area contributed by atoms with Crippen LogP contribution in [0.25, 0.3) is 0 Å². The predicted molar refractivity (Wildman–Crippen MR) is 68.0 cm³/mol. The molecule has 21 heavy (non-hydrogen) atoms. The molecule has 0 unspecified atom stereocenters. The monoisotopic (exact) mass is 309 g/mol. The fraction of sp³-hybridized carbons (Fsp3) is 0.500. The number of carbonyl (C=O) groups excluding carboxylic acids is 1. The van der Waals surface area contributed by atoms with E-state index in [0.29, 0.717) is 10.5 Å². The van der Waals surface area contributed by atoms with E-state index in [0.717, 1.165) is 12.6 Å². The molecular formula is C14H16F5NO. The lowest BCUT2D eigenvalue weighted by atomic mass is 10.0. The first kappa shape index (κ1) is 17.4. The van der Waals surface area contributed by atoms with Crippen molar-refractivity contribution in [2.24, 2.45) is 0 Å². The van der Waals surface area contributed by atoms with Gasteiger partial charge in [-0.3, -0.25) is 4.79 Å². The van der Waals surface area contributed by atoms with E-state index < -0.39 is 18.0 Å². The van der Waals surface area contributed by atoms with Crippen LogP contribution in [-0.4, -0.2) is 30.0 Å². The fourth-order valence-corrected chi connectivity index (χ4v) is 1.71. The van der Waals surface area contributed by atoms with Crippen LogP contribution in [0.4, 0.5) is 22.0 Å². The van der Waals surface area contributed by atoms with Gasteiger partial charge in [0.05, 0.1) is 0 Å². The van der Waals surface area contributed by atoms with Crippen molar-refractivity contribution in [3.05, 3.63) is 35.4 Å². The second kappa shape index (κ2) is 5.99. The molecule has 7 heteroatoms. The first-order chi connectivity index (χ1) is 9.46. The molecule has 1 amide bonds. The number of carbonyl (C=O) groups is 1. The van der Waals surface area contributed by atoms with E-state index in [1.807, 2.05) is 13.8 Å². The van der Waals surface area contributed by atoms with Crippen molar-refractivity contribution in [2.45, 2.75) is 38.4 Å². The summed E-state index contributed by atoms with van der Waals surface area (Å²) in [6.45, 7) is 3.62. The van der Waals surface area contributed by atoms with Gasteiger partial charge < -0.3 is 4.90 Å². The van der Waals surface area contributed by atoms with Gasteiger partial charge in [0.2, 0.25) is 0 Å². The topological polar surface area (TPSA) is 20.3 Å². The Morgan fingerprint density at radius 3 is 1.95 bits per heavy atom. The van der Waals surface area contributed by atoms with Crippen molar-refractivity contribution in [3.8, 4) is 0 Å². The number of hydrogen-bond donors (Lipinski definition) is 0. The molecule has 0 aromatic heterocycles. The standard InChI is InChI=1S/C14H16F5NO/c1-9(2)11-6-4-10(5-7-11)8-20(3)12(21)13(15,16)14(17,18)19/h4-7,9H,8H2,1-3H3. The number of hydrogen-bond acceptors (Lipinski definition) is 1. The first-order valence-electron chi connectivity index (χ1n) is 6.25. The highest BCUT2D eigenvalue weighted by Gasteiger charge is 2.64. The van der Waals surface area contributed by atoms with E-state index in [1.54, 1.807) is 24.3 Å². The maximum Gasteiger partial charge on any atom is 0.463 e. The third kappa shape index (κ3) is 3.92. The normalized spacial score (nSPS) is 12.6. The molecule has 0 radical (unpaired) electrons. The lowest BCUT2D eigenvalue weighted by Crippen LogP contribution is -2.50. The summed E-state index contributed by atoms with van der Waals surface area (Å²) in [7, 11) is 0.915. The average molecular weight is 309 g/mol. The number of amides is 1. The van der Waals surface area contributed by atoms with Crippen molar-refractivity contribution < 1.29 is 26.7 Å². The van der Waals surface area contributed by atoms with Gasteiger partial charge in [0, 0.05) is 13.6 Å². The molecule has 1 rings (SSSR count). The molecule has 0 spiro atoms. The number of halogens is 5. The Morgan fingerprint density at radius 1 is 1.10 bits per heavy atom. The smallest absolute Gasteiger partial charge is 0.336 e. The van der Waals surface area contributed by atoms with Crippen LogP contribution >= 0.6 is 0 Å². The predicted octanol–water partition coefficient (Wildman–Crippen LogP) is 3.97. The highest BCUT2D eigenvalue weighted by Crippen LogP contribution is 2.36. The Morgan fingerprint density at radius 2 is 1.57 bits per heavy atom. The van der Waals surface area contributed by atoms with Crippen molar-refractivity contribution in [3.63, 3.8) is 0 Å². The third-order valence-electron chi connectivity index (χ3n) is 3.04. The molecule has 0 aliphatic rings. The molecule has 1 aromatic rings. The van der Waals surface area contributed by atoms with Crippen LogP contribution in [0.2, 0.25) is 0 Å². The molecular weight excluding hydrogens is 293 g/mol. The second-order valence-electron chi connectivity index (χ2n) is 5.13. The summed E-state index contributed by atoms with van der Waals surface area (Å²) >= 11 is 0. The molecule has 0 atom stereocenters. The summed E-state index contributed by atoms with van der Waals surface area (Å²) in [4.78, 5) is 11.6. The van der Waals surface area contributed by atoms with Crippen LogP contribution in [0, 0.1) is 0 Å². The van der Waals surface area contributed by atoms with Gasteiger partial charge >= 0.3 is 18.0 Å². The van der Waals surface area contributed by atoms with Gasteiger partial charge in [-0.1, -0.05) is 38.1 Å². The Hall–Kier alpha value is -1.66. The first-order valence-corrected chi connectivity index (χ1v) is 6.25. The van der Waals surface area contributed by atoms with Crippen LogP contribution in [0.5, 0.6) is 0 Å².